The zero-order chi connectivity index (χ0) is 25.6. The van der Waals surface area contributed by atoms with Crippen LogP contribution in [0.15, 0.2) is 0 Å². The smallest absolute Gasteiger partial charge is 0.316 e. The second-order valence-electron chi connectivity index (χ2n) is 7.59. The Morgan fingerprint density at radius 2 is 0.647 bits per heavy atom. The molecule has 0 saturated heterocycles. The van der Waals surface area contributed by atoms with Crippen molar-refractivity contribution in [1.82, 2.24) is 0 Å². The van der Waals surface area contributed by atoms with E-state index in [4.69, 9.17) is 14.7 Å². The summed E-state index contributed by atoms with van der Waals surface area (Å²) >= 11 is 0. The van der Waals surface area contributed by atoms with Gasteiger partial charge in [0.1, 0.15) is 0 Å². The van der Waals surface area contributed by atoms with Crippen molar-refractivity contribution in [3.8, 4) is 0 Å². The molecule has 1 radical (unpaired) electrons. The Labute approximate surface area is 220 Å². The first-order valence-electron chi connectivity index (χ1n) is 12.4. The molecule has 0 fully saturated rings. The van der Waals surface area contributed by atoms with Crippen LogP contribution in [0.1, 0.15) is 117 Å². The average molecular weight is 599 g/mol. The molecule has 0 heterocycles. The molecule has 34 heavy (non-hydrogen) atoms. The van der Waals surface area contributed by atoms with Crippen LogP contribution in [-0.4, -0.2) is 34.5 Å². The molecular formula is C21H51CoO9P3. The molecule has 0 saturated carbocycles. The largest absolute Gasteiger partial charge is 0.326 e. The summed E-state index contributed by atoms with van der Waals surface area (Å²) in [5, 5.41) is 0. The maximum absolute atomic E-state index is 10.1. The maximum Gasteiger partial charge on any atom is 0.316 e. The van der Waals surface area contributed by atoms with Crippen LogP contribution in [0.3, 0.4) is 0 Å². The van der Waals surface area contributed by atoms with Crippen LogP contribution in [0.5, 0.6) is 0 Å². The van der Waals surface area contributed by atoms with Crippen LogP contribution < -0.4 is 0 Å². The number of hydrogen-bond acceptors (Lipinski definition) is 6. The second-order valence-corrected chi connectivity index (χ2v) is 10.0. The molecule has 0 rings (SSSR count). The summed E-state index contributed by atoms with van der Waals surface area (Å²) in [6.45, 7) is 7.75. The zero-order valence-electron chi connectivity index (χ0n) is 21.4. The molecular weight excluding hydrogens is 548 g/mol. The molecule has 0 aliphatic rings. The summed E-state index contributed by atoms with van der Waals surface area (Å²) in [4.78, 5) is 24.8. The third kappa shape index (κ3) is 54.0. The van der Waals surface area contributed by atoms with E-state index in [2.05, 4.69) is 34.3 Å². The summed E-state index contributed by atoms with van der Waals surface area (Å²) in [7, 11) is -8.03. The van der Waals surface area contributed by atoms with E-state index < -0.39 is 24.8 Å². The van der Waals surface area contributed by atoms with Gasteiger partial charge in [-0.2, -0.15) is 0 Å². The van der Waals surface area contributed by atoms with Gasteiger partial charge in [0.2, 0.25) is 0 Å². The Balaban J connectivity index is -0.000000196. The van der Waals surface area contributed by atoms with Crippen molar-refractivity contribution in [1.29, 1.82) is 0 Å². The predicted molar refractivity (Wildman–Crippen MR) is 138 cm³/mol. The van der Waals surface area contributed by atoms with Crippen LogP contribution in [-0.2, 0) is 44.0 Å². The molecule has 3 N–H and O–H groups in total. The third-order valence-corrected chi connectivity index (χ3v) is 5.77. The van der Waals surface area contributed by atoms with Crippen molar-refractivity contribution in [2.24, 2.45) is 0 Å². The third-order valence-electron chi connectivity index (χ3n) is 4.42. The van der Waals surface area contributed by atoms with Crippen LogP contribution in [0.25, 0.3) is 0 Å². The number of unbranched alkanes of at least 4 members (excludes halogenated alkanes) is 12. The van der Waals surface area contributed by atoms with Crippen molar-refractivity contribution in [2.45, 2.75) is 117 Å². The Hall–Kier alpha value is 0.956. The Bertz CT molecular complexity index is 386. The molecule has 213 valence electrons. The van der Waals surface area contributed by atoms with Gasteiger partial charge in [-0.15, -0.1) is 0 Å². The van der Waals surface area contributed by atoms with E-state index in [-0.39, 0.29) is 16.8 Å². The van der Waals surface area contributed by atoms with E-state index >= 15 is 0 Å². The Morgan fingerprint density at radius 3 is 0.824 bits per heavy atom. The average Bonchev–Trinajstić information content (AvgIpc) is 2.76. The van der Waals surface area contributed by atoms with E-state index in [1.807, 2.05) is 0 Å². The minimum absolute atomic E-state index is 0. The minimum Gasteiger partial charge on any atom is -0.326 e. The zero-order valence-corrected chi connectivity index (χ0v) is 25.4. The van der Waals surface area contributed by atoms with Gasteiger partial charge < -0.3 is 28.3 Å². The van der Waals surface area contributed by atoms with E-state index in [1.165, 1.54) is 57.8 Å². The summed E-state index contributed by atoms with van der Waals surface area (Å²) < 4.78 is 43.7. The number of hydrogen-bond donors (Lipinski definition) is 3. The van der Waals surface area contributed by atoms with Gasteiger partial charge in [0, 0.05) is 16.8 Å². The van der Waals surface area contributed by atoms with Gasteiger partial charge in [-0.3, -0.25) is 13.7 Å². The summed E-state index contributed by atoms with van der Waals surface area (Å²) in [6, 6.07) is 0. The minimum atomic E-state index is -2.68. The molecule has 0 amide bonds. The summed E-state index contributed by atoms with van der Waals surface area (Å²) in [6.07, 6.45) is 17.0. The maximum atomic E-state index is 10.1. The van der Waals surface area contributed by atoms with Gasteiger partial charge in [-0.25, -0.2) is 0 Å². The molecule has 0 aromatic heterocycles. The normalized spacial score (nSPS) is 12.9. The van der Waals surface area contributed by atoms with Gasteiger partial charge >= 0.3 is 24.8 Å². The topological polar surface area (TPSA) is 140 Å². The van der Waals surface area contributed by atoms with Crippen molar-refractivity contribution in [2.75, 3.05) is 19.8 Å². The quantitative estimate of drug-likeness (QED) is 0.0934. The molecule has 3 unspecified atom stereocenters. The molecule has 9 nitrogen and oxygen atoms in total. The number of rotatable bonds is 21. The first-order chi connectivity index (χ1) is 15.8. The molecule has 0 aromatic rings. The SMILES string of the molecule is CCCCCCCO[PH](=O)O.CCCCCCCO[PH](=O)O.CCCCCCCO[PH](=O)O.[Co]. The van der Waals surface area contributed by atoms with E-state index in [0.29, 0.717) is 19.8 Å². The summed E-state index contributed by atoms with van der Waals surface area (Å²) in [5.74, 6) is 0. The van der Waals surface area contributed by atoms with Gasteiger partial charge in [-0.05, 0) is 19.3 Å². The van der Waals surface area contributed by atoms with Gasteiger partial charge in [-0.1, -0.05) is 97.8 Å². The predicted octanol–water partition coefficient (Wildman–Crippen LogP) is 7.06. The Morgan fingerprint density at radius 1 is 0.441 bits per heavy atom. The molecule has 0 aliphatic carbocycles. The summed E-state index contributed by atoms with van der Waals surface area (Å²) in [5.41, 5.74) is 0. The molecule has 3 atom stereocenters. The monoisotopic (exact) mass is 599 g/mol. The fourth-order valence-electron chi connectivity index (χ4n) is 2.60. The van der Waals surface area contributed by atoms with Crippen LogP contribution in [0, 0.1) is 0 Å². The van der Waals surface area contributed by atoms with Crippen molar-refractivity contribution < 1.29 is 58.7 Å². The molecule has 0 aliphatic heterocycles. The van der Waals surface area contributed by atoms with Crippen LogP contribution >= 0.6 is 24.8 Å². The van der Waals surface area contributed by atoms with E-state index in [1.54, 1.807) is 0 Å². The van der Waals surface area contributed by atoms with Crippen molar-refractivity contribution >= 4 is 24.8 Å². The molecule has 13 heteroatoms. The molecule has 0 spiro atoms. The van der Waals surface area contributed by atoms with Crippen LogP contribution in [0.4, 0.5) is 0 Å². The van der Waals surface area contributed by atoms with Crippen molar-refractivity contribution in [3.63, 3.8) is 0 Å². The fourth-order valence-corrected chi connectivity index (χ4v) is 3.55. The first-order valence-corrected chi connectivity index (χ1v) is 16.2. The van der Waals surface area contributed by atoms with Crippen molar-refractivity contribution in [3.05, 3.63) is 0 Å². The standard InChI is InChI=1S/3C7H17O3P.Co/c3*1-2-3-4-5-6-7-10-11(8)9;/h3*11H,2-7H2,1H3,(H,8,9);. The molecule has 0 aromatic carbocycles. The fraction of sp³-hybridized carbons (Fsp3) is 1.00. The Kier molecular flexibility index (Phi) is 47.6. The van der Waals surface area contributed by atoms with Gasteiger partial charge in [0.25, 0.3) is 0 Å². The first kappa shape index (κ1) is 42.1. The van der Waals surface area contributed by atoms with Gasteiger partial charge in [0.05, 0.1) is 19.8 Å². The van der Waals surface area contributed by atoms with E-state index in [9.17, 15) is 13.7 Å². The van der Waals surface area contributed by atoms with Crippen LogP contribution in [0.2, 0.25) is 0 Å². The van der Waals surface area contributed by atoms with Gasteiger partial charge in [0.15, 0.2) is 0 Å². The molecule has 0 bridgehead atoms. The van der Waals surface area contributed by atoms with E-state index in [0.717, 1.165) is 38.5 Å². The second kappa shape index (κ2) is 38.5.